The molecular weight excluding hydrogens is 404 g/mol. The van der Waals surface area contributed by atoms with Crippen LogP contribution in [0.25, 0.3) is 21.9 Å². The van der Waals surface area contributed by atoms with Crippen molar-refractivity contribution in [3.8, 4) is 23.0 Å². The summed E-state index contributed by atoms with van der Waals surface area (Å²) in [5.74, 6) is -1.60. The molecule has 1 aromatic heterocycles. The molecule has 2 aromatic carbocycles. The van der Waals surface area contributed by atoms with Gasteiger partial charge in [0.25, 0.3) is 0 Å². The number of ether oxygens (including phenoxy) is 2. The monoisotopic (exact) mass is 422 g/mol. The molecule has 0 aliphatic carbocycles. The maximum absolute atomic E-state index is 13.0. The lowest BCUT2D eigenvalue weighted by molar-refractivity contribution is -0.277. The number of aromatic hydroxyl groups is 3. The Bertz CT molecular complexity index is 1170. The van der Waals surface area contributed by atoms with Crippen LogP contribution in [0.2, 0.25) is 0 Å². The smallest absolute Gasteiger partial charge is 0.229 e. The zero-order chi connectivity index (χ0) is 21.7. The molecule has 0 saturated carbocycles. The van der Waals surface area contributed by atoms with Crippen LogP contribution in [0.15, 0.2) is 33.5 Å². The van der Waals surface area contributed by atoms with Crippen molar-refractivity contribution in [2.24, 2.45) is 0 Å². The molecule has 11 nitrogen and oxygen atoms in total. The molecule has 5 atom stereocenters. The first kappa shape index (κ1) is 20.2. The van der Waals surface area contributed by atoms with E-state index in [4.69, 9.17) is 13.9 Å². The lowest BCUT2D eigenvalue weighted by Crippen LogP contribution is -2.60. The Labute approximate surface area is 167 Å². The van der Waals surface area contributed by atoms with E-state index < -0.39 is 54.2 Å². The van der Waals surface area contributed by atoms with Crippen molar-refractivity contribution in [3.63, 3.8) is 0 Å². The maximum Gasteiger partial charge on any atom is 0.229 e. The molecule has 0 amide bonds. The summed E-state index contributed by atoms with van der Waals surface area (Å²) < 4.78 is 16.3. The Hall–Kier alpha value is -3.09. The molecule has 2 heterocycles. The zero-order valence-electron chi connectivity index (χ0n) is 15.2. The molecular formula is C19H18O11. The summed E-state index contributed by atoms with van der Waals surface area (Å²) in [4.78, 5) is 13.0. The predicted molar refractivity (Wildman–Crippen MR) is 99.4 cm³/mol. The minimum Gasteiger partial charge on any atom is -0.508 e. The molecule has 1 aliphatic heterocycles. The summed E-state index contributed by atoms with van der Waals surface area (Å²) in [6.07, 6.45) is -7.85. The summed E-state index contributed by atoms with van der Waals surface area (Å²) in [7, 11) is 0. The van der Waals surface area contributed by atoms with Crippen LogP contribution in [0.4, 0.5) is 0 Å². The number of aliphatic hydroxyl groups is 4. The Kier molecular flexibility index (Phi) is 4.92. The number of hydrogen-bond acceptors (Lipinski definition) is 11. The van der Waals surface area contributed by atoms with E-state index in [1.54, 1.807) is 0 Å². The van der Waals surface area contributed by atoms with Crippen LogP contribution >= 0.6 is 0 Å². The fourth-order valence-corrected chi connectivity index (χ4v) is 3.39. The quantitative estimate of drug-likeness (QED) is 0.263. The van der Waals surface area contributed by atoms with Crippen molar-refractivity contribution >= 4 is 21.9 Å². The average Bonchev–Trinajstić information content (AvgIpc) is 2.69. The number of rotatable bonds is 3. The highest BCUT2D eigenvalue weighted by molar-refractivity contribution is 5.98. The van der Waals surface area contributed by atoms with Gasteiger partial charge in [-0.3, -0.25) is 4.79 Å². The fraction of sp³-hybridized carbons (Fsp3) is 0.316. The third-order valence-corrected chi connectivity index (χ3v) is 4.92. The number of phenols is 3. The first-order chi connectivity index (χ1) is 14.2. The van der Waals surface area contributed by atoms with Gasteiger partial charge in [0.05, 0.1) is 6.61 Å². The Morgan fingerprint density at radius 1 is 0.933 bits per heavy atom. The molecule has 4 rings (SSSR count). The van der Waals surface area contributed by atoms with Gasteiger partial charge in [-0.05, 0) is 12.1 Å². The highest BCUT2D eigenvalue weighted by Crippen LogP contribution is 2.37. The number of aliphatic hydroxyl groups excluding tert-OH is 4. The van der Waals surface area contributed by atoms with Gasteiger partial charge in [-0.25, -0.2) is 0 Å². The molecule has 1 fully saturated rings. The van der Waals surface area contributed by atoms with Crippen molar-refractivity contribution in [2.45, 2.75) is 30.7 Å². The standard InChI is InChI=1S/C19H18O11/c20-5-11-14(24)16(26)17(27)19(30-11)29-9-2-1-7(22)18-13(9)15(25)12-8(23)3-6(21)4-10(12)28-18/h1-4,11,14,16-17,19-24,26-27H,5H2/t11-,14-,16+,17-,19-/m0/s1. The molecule has 0 radical (unpaired) electrons. The highest BCUT2D eigenvalue weighted by atomic mass is 16.7. The second kappa shape index (κ2) is 7.31. The summed E-state index contributed by atoms with van der Waals surface area (Å²) in [5.41, 5.74) is -1.32. The predicted octanol–water partition coefficient (Wildman–Crippen LogP) is -0.758. The van der Waals surface area contributed by atoms with E-state index >= 15 is 0 Å². The topological polar surface area (TPSA) is 190 Å². The molecule has 30 heavy (non-hydrogen) atoms. The molecule has 3 aromatic rings. The number of hydrogen-bond donors (Lipinski definition) is 7. The van der Waals surface area contributed by atoms with Gasteiger partial charge in [-0.1, -0.05) is 0 Å². The van der Waals surface area contributed by atoms with Crippen molar-refractivity contribution < 1.29 is 49.6 Å². The van der Waals surface area contributed by atoms with Crippen molar-refractivity contribution in [3.05, 3.63) is 34.5 Å². The second-order valence-corrected chi connectivity index (χ2v) is 6.87. The van der Waals surface area contributed by atoms with E-state index in [9.17, 15) is 40.5 Å². The van der Waals surface area contributed by atoms with Crippen molar-refractivity contribution in [1.29, 1.82) is 0 Å². The highest BCUT2D eigenvalue weighted by Gasteiger charge is 2.45. The van der Waals surface area contributed by atoms with Gasteiger partial charge < -0.3 is 49.6 Å². The maximum atomic E-state index is 13.0. The van der Waals surface area contributed by atoms with Crippen molar-refractivity contribution in [2.75, 3.05) is 6.61 Å². The van der Waals surface area contributed by atoms with E-state index in [1.807, 2.05) is 0 Å². The largest absolute Gasteiger partial charge is 0.508 e. The van der Waals surface area contributed by atoms with Crippen LogP contribution in [0, 0.1) is 0 Å². The van der Waals surface area contributed by atoms with Crippen LogP contribution < -0.4 is 10.2 Å². The molecule has 1 aliphatic rings. The second-order valence-electron chi connectivity index (χ2n) is 6.87. The molecule has 0 spiro atoms. The fourth-order valence-electron chi connectivity index (χ4n) is 3.39. The minimum absolute atomic E-state index is 0.190. The third kappa shape index (κ3) is 3.09. The first-order valence-corrected chi connectivity index (χ1v) is 8.84. The molecule has 7 N–H and O–H groups in total. The van der Waals surface area contributed by atoms with E-state index in [0.717, 1.165) is 18.2 Å². The van der Waals surface area contributed by atoms with Crippen LogP contribution in [0.5, 0.6) is 23.0 Å². The van der Waals surface area contributed by atoms with Gasteiger partial charge in [0.15, 0.2) is 11.3 Å². The van der Waals surface area contributed by atoms with Gasteiger partial charge >= 0.3 is 0 Å². The van der Waals surface area contributed by atoms with Crippen LogP contribution in [0.3, 0.4) is 0 Å². The third-order valence-electron chi connectivity index (χ3n) is 4.92. The molecule has 11 heteroatoms. The molecule has 0 unspecified atom stereocenters. The lowest BCUT2D eigenvalue weighted by Gasteiger charge is -2.39. The lowest BCUT2D eigenvalue weighted by atomic mass is 9.99. The average molecular weight is 422 g/mol. The van der Waals surface area contributed by atoms with Gasteiger partial charge in [0, 0.05) is 12.1 Å². The zero-order valence-corrected chi connectivity index (χ0v) is 15.2. The van der Waals surface area contributed by atoms with Crippen LogP contribution in [-0.2, 0) is 4.74 Å². The summed E-state index contributed by atoms with van der Waals surface area (Å²) in [5, 5.41) is 68.5. The first-order valence-electron chi connectivity index (χ1n) is 8.84. The van der Waals surface area contributed by atoms with Gasteiger partial charge in [-0.15, -0.1) is 0 Å². The van der Waals surface area contributed by atoms with E-state index in [-0.39, 0.29) is 33.4 Å². The molecule has 1 saturated heterocycles. The summed E-state index contributed by atoms with van der Waals surface area (Å²) >= 11 is 0. The normalized spacial score (nSPS) is 26.9. The minimum atomic E-state index is -1.73. The van der Waals surface area contributed by atoms with Crippen LogP contribution in [-0.4, -0.2) is 73.1 Å². The summed E-state index contributed by atoms with van der Waals surface area (Å²) in [6, 6.07) is 4.34. The Morgan fingerprint density at radius 3 is 2.37 bits per heavy atom. The number of phenolic OH excluding ortho intramolecular Hbond substituents is 3. The summed E-state index contributed by atoms with van der Waals surface area (Å²) in [6.45, 7) is -0.675. The molecule has 160 valence electrons. The molecule has 0 bridgehead atoms. The van der Waals surface area contributed by atoms with Crippen molar-refractivity contribution in [1.82, 2.24) is 0 Å². The van der Waals surface area contributed by atoms with E-state index in [1.165, 1.54) is 6.07 Å². The van der Waals surface area contributed by atoms with E-state index in [2.05, 4.69) is 0 Å². The number of fused-ring (bicyclic) bond motifs is 2. The number of benzene rings is 2. The van der Waals surface area contributed by atoms with Gasteiger partial charge in [-0.2, -0.15) is 0 Å². The Morgan fingerprint density at radius 2 is 1.67 bits per heavy atom. The van der Waals surface area contributed by atoms with Gasteiger partial charge in [0.2, 0.25) is 11.7 Å². The SMILES string of the molecule is O=c1c2c(O)cc(O)cc2oc2c(O)ccc(O[C@H]3O[C@@H](CO)[C@H](O)[C@@H](O)[C@@H]3O)c12. The van der Waals surface area contributed by atoms with E-state index in [0.29, 0.717) is 0 Å². The van der Waals surface area contributed by atoms with Crippen LogP contribution in [0.1, 0.15) is 0 Å². The Balaban J connectivity index is 1.87. The van der Waals surface area contributed by atoms with Gasteiger partial charge in [0.1, 0.15) is 58.0 Å².